The first-order chi connectivity index (χ1) is 11.8. The van der Waals surface area contributed by atoms with Crippen LogP contribution in [0.15, 0.2) is 36.5 Å². The van der Waals surface area contributed by atoms with Gasteiger partial charge >= 0.3 is 0 Å². The monoisotopic (exact) mass is 325 g/mol. The van der Waals surface area contributed by atoms with Crippen LogP contribution in [0.1, 0.15) is 42.7 Å². The van der Waals surface area contributed by atoms with Crippen LogP contribution in [0.2, 0.25) is 0 Å². The molecule has 0 spiro atoms. The molecule has 3 atom stereocenters. The van der Waals surface area contributed by atoms with E-state index >= 15 is 0 Å². The van der Waals surface area contributed by atoms with Crippen LogP contribution in [0.3, 0.4) is 0 Å². The van der Waals surface area contributed by atoms with Crippen molar-refractivity contribution in [3.05, 3.63) is 53.3 Å². The molecular formula is C20H27N3O. The molecule has 1 aromatic carbocycles. The quantitative estimate of drug-likeness (QED) is 0.918. The van der Waals surface area contributed by atoms with Crippen molar-refractivity contribution in [2.75, 3.05) is 13.2 Å². The molecule has 1 N–H and O–H groups in total. The van der Waals surface area contributed by atoms with Crippen molar-refractivity contribution in [2.45, 2.75) is 51.3 Å². The van der Waals surface area contributed by atoms with E-state index in [1.54, 1.807) is 0 Å². The predicted octanol–water partition coefficient (Wildman–Crippen LogP) is 3.13. The summed E-state index contributed by atoms with van der Waals surface area (Å²) in [4.78, 5) is 0. The molecule has 2 heterocycles. The van der Waals surface area contributed by atoms with Gasteiger partial charge < -0.3 is 10.1 Å². The van der Waals surface area contributed by atoms with Crippen molar-refractivity contribution >= 4 is 0 Å². The zero-order valence-electron chi connectivity index (χ0n) is 14.4. The number of hydrogen-bond donors (Lipinski definition) is 1. The molecular weight excluding hydrogens is 298 g/mol. The summed E-state index contributed by atoms with van der Waals surface area (Å²) >= 11 is 0. The number of ether oxygens (including phenoxy) is 1. The van der Waals surface area contributed by atoms with Crippen LogP contribution in [0.5, 0.6) is 0 Å². The largest absolute Gasteiger partial charge is 0.372 e. The fourth-order valence-electron chi connectivity index (χ4n) is 4.21. The minimum absolute atomic E-state index is 0.191. The summed E-state index contributed by atoms with van der Waals surface area (Å²) in [6.07, 6.45) is 6.81. The van der Waals surface area contributed by atoms with Crippen LogP contribution in [0, 0.1) is 5.92 Å². The molecule has 0 saturated carbocycles. The second-order valence-corrected chi connectivity index (χ2v) is 7.03. The number of aromatic nitrogens is 2. The Kier molecular flexibility index (Phi) is 4.67. The molecule has 0 bridgehead atoms. The number of benzene rings is 1. The fraction of sp³-hybridized carbons (Fsp3) is 0.550. The van der Waals surface area contributed by atoms with E-state index in [2.05, 4.69) is 52.4 Å². The zero-order chi connectivity index (χ0) is 16.4. The average Bonchev–Trinajstić information content (AvgIpc) is 3.28. The van der Waals surface area contributed by atoms with Crippen molar-refractivity contribution in [3.63, 3.8) is 0 Å². The number of rotatable bonds is 5. The van der Waals surface area contributed by atoms with Gasteiger partial charge in [0.1, 0.15) is 6.10 Å². The van der Waals surface area contributed by atoms with Gasteiger partial charge in [-0.2, -0.15) is 5.10 Å². The average molecular weight is 325 g/mol. The van der Waals surface area contributed by atoms with Crippen LogP contribution < -0.4 is 5.32 Å². The Morgan fingerprint density at radius 2 is 2.08 bits per heavy atom. The lowest BCUT2D eigenvalue weighted by molar-refractivity contribution is 0.0822. The SMILES string of the molecule is CCn1nccc1[C@@H]1OCC[C@H]1CN[C@H]1CCc2ccccc2C1. The van der Waals surface area contributed by atoms with Gasteiger partial charge in [-0.05, 0) is 49.8 Å². The lowest BCUT2D eigenvalue weighted by atomic mass is 9.88. The van der Waals surface area contributed by atoms with E-state index < -0.39 is 0 Å². The third-order valence-electron chi connectivity index (χ3n) is 5.57. The van der Waals surface area contributed by atoms with Crippen molar-refractivity contribution in [1.82, 2.24) is 15.1 Å². The Labute approximate surface area is 144 Å². The van der Waals surface area contributed by atoms with Gasteiger partial charge in [-0.3, -0.25) is 4.68 Å². The lowest BCUT2D eigenvalue weighted by Crippen LogP contribution is -2.38. The first-order valence-electron chi connectivity index (χ1n) is 9.28. The maximum absolute atomic E-state index is 6.05. The van der Waals surface area contributed by atoms with E-state index in [0.717, 1.165) is 32.5 Å². The molecule has 0 radical (unpaired) electrons. The minimum atomic E-state index is 0.191. The van der Waals surface area contributed by atoms with Crippen molar-refractivity contribution < 1.29 is 4.74 Å². The van der Waals surface area contributed by atoms with E-state index in [1.165, 1.54) is 29.7 Å². The Morgan fingerprint density at radius 1 is 1.21 bits per heavy atom. The Balaban J connectivity index is 1.37. The highest BCUT2D eigenvalue weighted by molar-refractivity contribution is 5.30. The molecule has 4 nitrogen and oxygen atoms in total. The third kappa shape index (κ3) is 3.13. The standard InChI is InChI=1S/C20H27N3O/c1-2-23-19(9-11-22-23)20-17(10-12-24-20)14-21-18-8-7-15-5-3-4-6-16(15)13-18/h3-6,9,11,17-18,20-21H,2,7-8,10,12-14H2,1H3/t17-,18-,20+/m0/s1. The molecule has 2 aromatic rings. The number of aryl methyl sites for hydroxylation is 2. The van der Waals surface area contributed by atoms with Crippen LogP contribution in [0.25, 0.3) is 0 Å². The molecule has 128 valence electrons. The van der Waals surface area contributed by atoms with Crippen LogP contribution in [-0.2, 0) is 24.1 Å². The van der Waals surface area contributed by atoms with Gasteiger partial charge in [0, 0.05) is 37.9 Å². The van der Waals surface area contributed by atoms with Gasteiger partial charge in [-0.25, -0.2) is 0 Å². The number of fused-ring (bicyclic) bond motifs is 1. The van der Waals surface area contributed by atoms with Gasteiger partial charge in [0.15, 0.2) is 0 Å². The normalized spacial score (nSPS) is 26.5. The van der Waals surface area contributed by atoms with E-state index in [1.807, 2.05) is 6.20 Å². The van der Waals surface area contributed by atoms with Gasteiger partial charge in [0.2, 0.25) is 0 Å². The molecule has 0 amide bonds. The molecule has 1 saturated heterocycles. The Bertz CT molecular complexity index is 681. The molecule has 1 aliphatic carbocycles. The smallest absolute Gasteiger partial charge is 0.103 e. The maximum Gasteiger partial charge on any atom is 0.103 e. The highest BCUT2D eigenvalue weighted by Crippen LogP contribution is 2.34. The molecule has 1 fully saturated rings. The van der Waals surface area contributed by atoms with Gasteiger partial charge in [-0.1, -0.05) is 24.3 Å². The van der Waals surface area contributed by atoms with Crippen molar-refractivity contribution in [2.24, 2.45) is 5.92 Å². The summed E-state index contributed by atoms with van der Waals surface area (Å²) in [5.41, 5.74) is 4.28. The Morgan fingerprint density at radius 3 is 2.96 bits per heavy atom. The lowest BCUT2D eigenvalue weighted by Gasteiger charge is -2.28. The van der Waals surface area contributed by atoms with Crippen LogP contribution in [0.4, 0.5) is 0 Å². The molecule has 1 aromatic heterocycles. The van der Waals surface area contributed by atoms with Crippen molar-refractivity contribution in [3.8, 4) is 0 Å². The summed E-state index contributed by atoms with van der Waals surface area (Å²) < 4.78 is 8.12. The Hall–Kier alpha value is -1.65. The molecule has 1 aliphatic heterocycles. The van der Waals surface area contributed by atoms with E-state index in [4.69, 9.17) is 4.74 Å². The maximum atomic E-state index is 6.05. The van der Waals surface area contributed by atoms with Gasteiger partial charge in [-0.15, -0.1) is 0 Å². The highest BCUT2D eigenvalue weighted by Gasteiger charge is 2.32. The third-order valence-corrected chi connectivity index (χ3v) is 5.57. The second-order valence-electron chi connectivity index (χ2n) is 7.03. The molecule has 2 aliphatic rings. The topological polar surface area (TPSA) is 39.1 Å². The van der Waals surface area contributed by atoms with Crippen LogP contribution >= 0.6 is 0 Å². The summed E-state index contributed by atoms with van der Waals surface area (Å²) in [5.74, 6) is 0.546. The second kappa shape index (κ2) is 7.08. The summed E-state index contributed by atoms with van der Waals surface area (Å²) in [6.45, 7) is 4.94. The van der Waals surface area contributed by atoms with E-state index in [0.29, 0.717) is 12.0 Å². The first kappa shape index (κ1) is 15.9. The minimum Gasteiger partial charge on any atom is -0.372 e. The molecule has 4 rings (SSSR count). The molecule has 4 heteroatoms. The predicted molar refractivity (Wildman–Crippen MR) is 95.0 cm³/mol. The zero-order valence-corrected chi connectivity index (χ0v) is 14.4. The summed E-state index contributed by atoms with van der Waals surface area (Å²) in [5, 5.41) is 8.23. The fourth-order valence-corrected chi connectivity index (χ4v) is 4.21. The first-order valence-corrected chi connectivity index (χ1v) is 9.28. The summed E-state index contributed by atoms with van der Waals surface area (Å²) in [6, 6.07) is 11.6. The van der Waals surface area contributed by atoms with Crippen LogP contribution in [-0.4, -0.2) is 29.0 Å². The number of hydrogen-bond acceptors (Lipinski definition) is 3. The number of nitrogens with zero attached hydrogens (tertiary/aromatic N) is 2. The van der Waals surface area contributed by atoms with E-state index in [9.17, 15) is 0 Å². The van der Waals surface area contributed by atoms with Crippen molar-refractivity contribution in [1.29, 1.82) is 0 Å². The van der Waals surface area contributed by atoms with Gasteiger partial charge in [0.05, 0.1) is 5.69 Å². The molecule has 24 heavy (non-hydrogen) atoms. The van der Waals surface area contributed by atoms with E-state index in [-0.39, 0.29) is 6.10 Å². The molecule has 0 unspecified atom stereocenters. The summed E-state index contributed by atoms with van der Waals surface area (Å²) in [7, 11) is 0. The number of nitrogens with one attached hydrogen (secondary N) is 1. The highest BCUT2D eigenvalue weighted by atomic mass is 16.5. The van der Waals surface area contributed by atoms with Gasteiger partial charge in [0.25, 0.3) is 0 Å².